The van der Waals surface area contributed by atoms with Crippen molar-refractivity contribution in [1.29, 1.82) is 0 Å². The Bertz CT molecular complexity index is 1120. The Labute approximate surface area is 167 Å². The van der Waals surface area contributed by atoms with E-state index in [1.807, 2.05) is 44.2 Å². The lowest BCUT2D eigenvalue weighted by Gasteiger charge is -2.15. The zero-order chi connectivity index (χ0) is 21.1. The first-order valence-corrected chi connectivity index (χ1v) is 9.38. The molecular weight excluding hydrogens is 372 g/mol. The van der Waals surface area contributed by atoms with Gasteiger partial charge in [0.2, 0.25) is 5.91 Å². The van der Waals surface area contributed by atoms with E-state index in [-0.39, 0.29) is 24.3 Å². The topological polar surface area (TPSA) is 117 Å². The van der Waals surface area contributed by atoms with Crippen LogP contribution in [0.3, 0.4) is 0 Å². The standard InChI is InChI=1S/C21H24N4O4/c1-12-15(13(2)22-19-18(12)20(27)24-25(19)3)9-10-17(26)23-16(21(28)29)11-14-7-5-4-6-8-14/h4-8,16H,9-11H2,1-3H3,(H,23,26)(H,24,27)(H,28,29)/t16-/m1/s1. The van der Waals surface area contributed by atoms with E-state index >= 15 is 0 Å². The fourth-order valence-electron chi connectivity index (χ4n) is 3.57. The number of fused-ring (bicyclic) bond motifs is 1. The van der Waals surface area contributed by atoms with Crippen molar-refractivity contribution in [3.8, 4) is 0 Å². The number of nitrogens with one attached hydrogen (secondary N) is 2. The highest BCUT2D eigenvalue weighted by atomic mass is 16.4. The number of H-pyrrole nitrogens is 1. The molecule has 8 heteroatoms. The second-order valence-corrected chi connectivity index (χ2v) is 7.15. The Morgan fingerprint density at radius 1 is 1.24 bits per heavy atom. The van der Waals surface area contributed by atoms with Crippen LogP contribution in [-0.2, 0) is 29.5 Å². The lowest BCUT2D eigenvalue weighted by atomic mass is 10.00. The highest BCUT2D eigenvalue weighted by Gasteiger charge is 2.21. The van der Waals surface area contributed by atoms with Gasteiger partial charge in [0, 0.05) is 25.6 Å². The molecule has 8 nitrogen and oxygen atoms in total. The quantitative estimate of drug-likeness (QED) is 0.561. The number of carboxylic acid groups (broad SMARTS) is 1. The minimum absolute atomic E-state index is 0.109. The number of carbonyl (C=O) groups is 2. The van der Waals surface area contributed by atoms with Gasteiger partial charge in [-0.15, -0.1) is 0 Å². The third-order valence-corrected chi connectivity index (χ3v) is 5.09. The predicted octanol–water partition coefficient (Wildman–Crippen LogP) is 1.62. The van der Waals surface area contributed by atoms with Crippen LogP contribution < -0.4 is 10.9 Å². The number of aryl methyl sites for hydroxylation is 3. The van der Waals surface area contributed by atoms with E-state index in [1.54, 1.807) is 11.7 Å². The van der Waals surface area contributed by atoms with E-state index in [1.165, 1.54) is 0 Å². The van der Waals surface area contributed by atoms with E-state index in [4.69, 9.17) is 0 Å². The summed E-state index contributed by atoms with van der Waals surface area (Å²) in [4.78, 5) is 40.6. The van der Waals surface area contributed by atoms with Crippen LogP contribution in [0.2, 0.25) is 0 Å². The number of hydrogen-bond acceptors (Lipinski definition) is 4. The summed E-state index contributed by atoms with van der Waals surface area (Å²) < 4.78 is 1.58. The molecule has 2 heterocycles. The average Bonchev–Trinajstić information content (AvgIpc) is 2.95. The van der Waals surface area contributed by atoms with Crippen molar-refractivity contribution in [3.63, 3.8) is 0 Å². The summed E-state index contributed by atoms with van der Waals surface area (Å²) in [6.07, 6.45) is 0.698. The minimum atomic E-state index is -1.08. The van der Waals surface area contributed by atoms with Gasteiger partial charge in [0.1, 0.15) is 6.04 Å². The Hall–Kier alpha value is -3.42. The molecule has 3 N–H and O–H groups in total. The lowest BCUT2D eigenvalue weighted by molar-refractivity contribution is -0.141. The summed E-state index contributed by atoms with van der Waals surface area (Å²) in [5.41, 5.74) is 3.57. The molecule has 0 radical (unpaired) electrons. The van der Waals surface area contributed by atoms with Crippen molar-refractivity contribution in [3.05, 3.63) is 63.1 Å². The molecule has 0 saturated heterocycles. The highest BCUT2D eigenvalue weighted by Crippen LogP contribution is 2.21. The molecule has 2 aromatic heterocycles. The Morgan fingerprint density at radius 2 is 1.93 bits per heavy atom. The van der Waals surface area contributed by atoms with Crippen molar-refractivity contribution >= 4 is 22.9 Å². The monoisotopic (exact) mass is 396 g/mol. The molecule has 0 aliphatic heterocycles. The Kier molecular flexibility index (Phi) is 5.81. The Morgan fingerprint density at radius 3 is 2.59 bits per heavy atom. The van der Waals surface area contributed by atoms with Crippen LogP contribution in [0.25, 0.3) is 11.0 Å². The predicted molar refractivity (Wildman–Crippen MR) is 109 cm³/mol. The van der Waals surface area contributed by atoms with Crippen LogP contribution in [0.5, 0.6) is 0 Å². The van der Waals surface area contributed by atoms with Crippen LogP contribution >= 0.6 is 0 Å². The molecule has 0 aliphatic rings. The zero-order valence-corrected chi connectivity index (χ0v) is 16.7. The zero-order valence-electron chi connectivity index (χ0n) is 16.7. The molecule has 0 aliphatic carbocycles. The summed E-state index contributed by atoms with van der Waals surface area (Å²) in [5, 5.41) is 15.2. The summed E-state index contributed by atoms with van der Waals surface area (Å²) in [7, 11) is 1.72. The number of benzene rings is 1. The van der Waals surface area contributed by atoms with Crippen LogP contribution in [0.1, 0.15) is 28.8 Å². The largest absolute Gasteiger partial charge is 0.480 e. The van der Waals surface area contributed by atoms with Gasteiger partial charge in [-0.1, -0.05) is 30.3 Å². The molecule has 3 rings (SSSR count). The van der Waals surface area contributed by atoms with Crippen molar-refractivity contribution in [2.75, 3.05) is 0 Å². The minimum Gasteiger partial charge on any atom is -0.480 e. The van der Waals surface area contributed by atoms with Gasteiger partial charge in [-0.3, -0.25) is 19.4 Å². The average molecular weight is 396 g/mol. The second-order valence-electron chi connectivity index (χ2n) is 7.15. The molecule has 1 aromatic carbocycles. The van der Waals surface area contributed by atoms with Crippen LogP contribution in [0.15, 0.2) is 35.1 Å². The number of aliphatic carboxylic acids is 1. The van der Waals surface area contributed by atoms with Gasteiger partial charge in [0.25, 0.3) is 5.56 Å². The number of amides is 1. The van der Waals surface area contributed by atoms with Crippen molar-refractivity contribution in [2.24, 2.45) is 7.05 Å². The van der Waals surface area contributed by atoms with Gasteiger partial charge in [0.15, 0.2) is 5.65 Å². The van der Waals surface area contributed by atoms with Gasteiger partial charge >= 0.3 is 5.97 Å². The first-order valence-electron chi connectivity index (χ1n) is 9.38. The summed E-state index contributed by atoms with van der Waals surface area (Å²) in [5.74, 6) is -1.43. The normalized spacial score (nSPS) is 12.1. The number of aromatic nitrogens is 3. The van der Waals surface area contributed by atoms with Gasteiger partial charge < -0.3 is 10.4 Å². The molecule has 0 unspecified atom stereocenters. The fourth-order valence-corrected chi connectivity index (χ4v) is 3.57. The van der Waals surface area contributed by atoms with Gasteiger partial charge in [0.05, 0.1) is 5.39 Å². The molecule has 0 fully saturated rings. The number of carboxylic acids is 1. The maximum Gasteiger partial charge on any atom is 0.326 e. The van der Waals surface area contributed by atoms with Crippen LogP contribution in [-0.4, -0.2) is 37.8 Å². The second kappa shape index (κ2) is 8.30. The Balaban J connectivity index is 1.72. The number of pyridine rings is 1. The maximum absolute atomic E-state index is 12.4. The molecular formula is C21H24N4O4. The van der Waals surface area contributed by atoms with Gasteiger partial charge in [-0.05, 0) is 37.0 Å². The van der Waals surface area contributed by atoms with Crippen molar-refractivity contribution in [1.82, 2.24) is 20.1 Å². The molecule has 3 aromatic rings. The molecule has 0 spiro atoms. The van der Waals surface area contributed by atoms with E-state index in [0.29, 0.717) is 17.5 Å². The van der Waals surface area contributed by atoms with Gasteiger partial charge in [-0.2, -0.15) is 0 Å². The first-order chi connectivity index (χ1) is 13.8. The third kappa shape index (κ3) is 4.37. The van der Waals surface area contributed by atoms with E-state index < -0.39 is 12.0 Å². The molecule has 1 amide bonds. The third-order valence-electron chi connectivity index (χ3n) is 5.09. The summed E-state index contributed by atoms with van der Waals surface area (Å²) >= 11 is 0. The van der Waals surface area contributed by atoms with Crippen molar-refractivity contribution in [2.45, 2.75) is 39.2 Å². The summed E-state index contributed by atoms with van der Waals surface area (Å²) in [6, 6.07) is 8.17. The van der Waals surface area contributed by atoms with E-state index in [0.717, 1.165) is 22.4 Å². The first kappa shape index (κ1) is 20.3. The highest BCUT2D eigenvalue weighted by molar-refractivity contribution is 5.84. The lowest BCUT2D eigenvalue weighted by Crippen LogP contribution is -2.42. The smallest absolute Gasteiger partial charge is 0.326 e. The molecule has 0 bridgehead atoms. The number of hydrogen-bond donors (Lipinski definition) is 3. The van der Waals surface area contributed by atoms with E-state index in [2.05, 4.69) is 15.4 Å². The van der Waals surface area contributed by atoms with E-state index in [9.17, 15) is 19.5 Å². The number of carbonyl (C=O) groups excluding carboxylic acids is 1. The fraction of sp³-hybridized carbons (Fsp3) is 0.333. The molecule has 152 valence electrons. The SMILES string of the molecule is Cc1nc2c(c(C)c1CCC(=O)N[C@H](Cc1ccccc1)C(=O)O)c(=O)[nH]n2C. The van der Waals surface area contributed by atoms with Crippen LogP contribution in [0, 0.1) is 13.8 Å². The molecule has 0 saturated carbocycles. The maximum atomic E-state index is 12.4. The number of aromatic amines is 1. The van der Waals surface area contributed by atoms with Gasteiger partial charge in [-0.25, -0.2) is 9.78 Å². The van der Waals surface area contributed by atoms with Crippen LogP contribution in [0.4, 0.5) is 0 Å². The molecule has 29 heavy (non-hydrogen) atoms. The molecule has 1 atom stereocenters. The summed E-state index contributed by atoms with van der Waals surface area (Å²) in [6.45, 7) is 3.68. The number of nitrogens with zero attached hydrogens (tertiary/aromatic N) is 2. The number of rotatable bonds is 7. The van der Waals surface area contributed by atoms with Crippen molar-refractivity contribution < 1.29 is 14.7 Å².